The summed E-state index contributed by atoms with van der Waals surface area (Å²) >= 11 is 2.76. The van der Waals surface area contributed by atoms with Crippen LogP contribution in [0.25, 0.3) is 0 Å². The molecule has 0 bridgehead atoms. The number of carbonyl (C=O) groups is 2. The van der Waals surface area contributed by atoms with Gasteiger partial charge < -0.3 is 10.0 Å². The molecule has 1 fully saturated rings. The fourth-order valence-corrected chi connectivity index (χ4v) is 5.38. The minimum Gasteiger partial charge on any atom is -0.476 e. The van der Waals surface area contributed by atoms with Gasteiger partial charge in [-0.1, -0.05) is 50.1 Å². The number of carboxylic acids is 1. The van der Waals surface area contributed by atoms with Crippen molar-refractivity contribution in [2.75, 3.05) is 10.7 Å². The maximum atomic E-state index is 14.4. The van der Waals surface area contributed by atoms with Crippen molar-refractivity contribution in [3.8, 4) is 0 Å². The number of anilines is 1. The first kappa shape index (κ1) is 21.8. The van der Waals surface area contributed by atoms with Crippen LogP contribution in [-0.2, 0) is 4.79 Å². The fraction of sp³-hybridized carbons (Fsp3) is 0.476. The number of alkyl halides is 1. The quantitative estimate of drug-likeness (QED) is 0.381. The summed E-state index contributed by atoms with van der Waals surface area (Å²) in [6, 6.07) is 7.23. The number of carbonyl (C=O) groups excluding carboxylic acids is 1. The number of unbranched alkanes of at least 4 members (excludes halogenated alkanes) is 2. The smallest absolute Gasteiger partial charge is 0.355 e. The molecular formula is C21H25FN2O3S2. The van der Waals surface area contributed by atoms with Crippen LogP contribution < -0.4 is 4.90 Å². The Morgan fingerprint density at radius 1 is 1.38 bits per heavy atom. The zero-order chi connectivity index (χ0) is 20.8. The molecule has 3 rings (SSSR count). The summed E-state index contributed by atoms with van der Waals surface area (Å²) < 4.78 is 15.0. The lowest BCUT2D eigenvalue weighted by atomic mass is 10.0. The third-order valence-electron chi connectivity index (χ3n) is 5.02. The van der Waals surface area contributed by atoms with E-state index < -0.39 is 12.1 Å². The van der Waals surface area contributed by atoms with E-state index in [1.165, 1.54) is 28.5 Å². The Bertz CT molecular complexity index is 841. The van der Waals surface area contributed by atoms with Gasteiger partial charge >= 0.3 is 5.97 Å². The van der Waals surface area contributed by atoms with Crippen molar-refractivity contribution < 1.29 is 19.1 Å². The molecule has 1 aromatic carbocycles. The first-order valence-electron chi connectivity index (χ1n) is 9.87. The van der Waals surface area contributed by atoms with E-state index in [-0.39, 0.29) is 17.6 Å². The molecule has 8 heteroatoms. The number of hydrogen-bond donors (Lipinski definition) is 1. The normalized spacial score (nSPS) is 17.7. The minimum absolute atomic E-state index is 0.0151. The van der Waals surface area contributed by atoms with Crippen LogP contribution in [0.1, 0.15) is 67.7 Å². The largest absolute Gasteiger partial charge is 0.476 e. The first-order valence-corrected chi connectivity index (χ1v) is 11.7. The van der Waals surface area contributed by atoms with E-state index in [4.69, 9.17) is 5.11 Å². The summed E-state index contributed by atoms with van der Waals surface area (Å²) in [5.41, 5.74) is 1.49. The lowest BCUT2D eigenvalue weighted by Gasteiger charge is -2.25. The number of thiazole rings is 1. The third-order valence-corrected chi connectivity index (χ3v) is 7.19. The molecule has 156 valence electrons. The molecule has 1 amide bonds. The van der Waals surface area contributed by atoms with Crippen molar-refractivity contribution >= 4 is 40.7 Å². The Hall–Kier alpha value is -1.93. The van der Waals surface area contributed by atoms with E-state index in [0.29, 0.717) is 28.5 Å². The van der Waals surface area contributed by atoms with E-state index in [0.717, 1.165) is 31.4 Å². The summed E-state index contributed by atoms with van der Waals surface area (Å²) in [6.07, 6.45) is 3.77. The lowest BCUT2D eigenvalue weighted by molar-refractivity contribution is -0.117. The van der Waals surface area contributed by atoms with Crippen molar-refractivity contribution in [3.05, 3.63) is 40.9 Å². The average Bonchev–Trinajstić information content (AvgIpc) is 3.33. The number of aromatic nitrogens is 1. The summed E-state index contributed by atoms with van der Waals surface area (Å²) in [4.78, 5) is 29.3. The highest BCUT2D eigenvalue weighted by Gasteiger charge is 2.32. The Kier molecular flexibility index (Phi) is 7.66. The highest BCUT2D eigenvalue weighted by Crippen LogP contribution is 2.33. The van der Waals surface area contributed by atoms with Gasteiger partial charge in [0.1, 0.15) is 6.17 Å². The zero-order valence-corrected chi connectivity index (χ0v) is 18.0. The molecular weight excluding hydrogens is 411 g/mol. The Morgan fingerprint density at radius 3 is 2.79 bits per heavy atom. The van der Waals surface area contributed by atoms with E-state index in [9.17, 15) is 14.0 Å². The number of amides is 1. The summed E-state index contributed by atoms with van der Waals surface area (Å²) in [5, 5.41) is 10.5. The second-order valence-corrected chi connectivity index (χ2v) is 9.25. The number of benzene rings is 1. The fourth-order valence-electron chi connectivity index (χ4n) is 3.43. The van der Waals surface area contributed by atoms with Gasteiger partial charge in [-0.2, -0.15) is 0 Å². The maximum absolute atomic E-state index is 14.4. The van der Waals surface area contributed by atoms with Gasteiger partial charge in [-0.25, -0.2) is 14.2 Å². The van der Waals surface area contributed by atoms with Crippen LogP contribution in [0.5, 0.6) is 0 Å². The van der Waals surface area contributed by atoms with Crippen LogP contribution in [0.2, 0.25) is 0 Å². The van der Waals surface area contributed by atoms with E-state index in [2.05, 4.69) is 11.9 Å². The van der Waals surface area contributed by atoms with Crippen molar-refractivity contribution in [1.82, 2.24) is 4.98 Å². The van der Waals surface area contributed by atoms with E-state index in [1.807, 2.05) is 12.1 Å². The molecule has 1 aromatic heterocycles. The minimum atomic E-state index is -1.04. The SMILES string of the molecule is CCCCC[C@H](F)c1ccc(N2C(=O)CC[C@@H]2CSc2nc(C(=O)O)cs2)cc1. The maximum Gasteiger partial charge on any atom is 0.355 e. The van der Waals surface area contributed by atoms with Gasteiger partial charge in [0.05, 0.1) is 0 Å². The number of halogens is 1. The molecule has 1 N–H and O–H groups in total. The number of nitrogens with zero attached hydrogens (tertiary/aromatic N) is 2. The van der Waals surface area contributed by atoms with Crippen molar-refractivity contribution in [2.24, 2.45) is 0 Å². The molecule has 2 aromatic rings. The van der Waals surface area contributed by atoms with Crippen LogP contribution in [-0.4, -0.2) is 33.8 Å². The molecule has 5 nitrogen and oxygen atoms in total. The van der Waals surface area contributed by atoms with Gasteiger partial charge in [0.25, 0.3) is 0 Å². The Labute approximate surface area is 178 Å². The highest BCUT2D eigenvalue weighted by atomic mass is 32.2. The van der Waals surface area contributed by atoms with Crippen molar-refractivity contribution in [3.63, 3.8) is 0 Å². The molecule has 1 aliphatic heterocycles. The number of thioether (sulfide) groups is 1. The van der Waals surface area contributed by atoms with Crippen LogP contribution in [0.4, 0.5) is 10.1 Å². The van der Waals surface area contributed by atoms with Crippen LogP contribution >= 0.6 is 23.1 Å². The zero-order valence-electron chi connectivity index (χ0n) is 16.3. The molecule has 0 aliphatic carbocycles. The molecule has 0 unspecified atom stereocenters. The van der Waals surface area contributed by atoms with Crippen LogP contribution in [0, 0.1) is 0 Å². The molecule has 0 saturated carbocycles. The van der Waals surface area contributed by atoms with Crippen molar-refractivity contribution in [2.45, 2.75) is 62.0 Å². The van der Waals surface area contributed by atoms with Gasteiger partial charge in [0, 0.05) is 29.3 Å². The molecule has 29 heavy (non-hydrogen) atoms. The van der Waals surface area contributed by atoms with Gasteiger partial charge in [-0.15, -0.1) is 11.3 Å². The van der Waals surface area contributed by atoms with Crippen LogP contribution in [0.3, 0.4) is 0 Å². The monoisotopic (exact) mass is 436 g/mol. The molecule has 0 spiro atoms. The Morgan fingerprint density at radius 2 is 2.14 bits per heavy atom. The van der Waals surface area contributed by atoms with Gasteiger partial charge in [0.15, 0.2) is 10.0 Å². The van der Waals surface area contributed by atoms with Gasteiger partial charge in [-0.3, -0.25) is 4.79 Å². The molecule has 0 radical (unpaired) electrons. The standard InChI is InChI=1S/C21H25FN2O3S2/c1-2-3-4-5-17(22)14-6-8-15(9-7-14)24-16(10-11-19(24)25)12-28-21-23-18(13-29-21)20(26)27/h6-9,13,16-17H,2-5,10-12H2,1H3,(H,26,27)/t16-,17+/m1/s1. The first-order chi connectivity index (χ1) is 14.0. The topological polar surface area (TPSA) is 70.5 Å². The summed E-state index contributed by atoms with van der Waals surface area (Å²) in [7, 11) is 0. The lowest BCUT2D eigenvalue weighted by Crippen LogP contribution is -2.34. The Balaban J connectivity index is 1.62. The third kappa shape index (κ3) is 5.57. The number of carboxylic acid groups (broad SMARTS) is 1. The molecule has 2 heterocycles. The summed E-state index contributed by atoms with van der Waals surface area (Å²) in [5.74, 6) is -0.330. The second-order valence-electron chi connectivity index (χ2n) is 7.13. The molecule has 1 aliphatic rings. The predicted octanol–water partition coefficient (Wildman–Crippen LogP) is 5.72. The van der Waals surface area contributed by atoms with E-state index in [1.54, 1.807) is 17.0 Å². The van der Waals surface area contributed by atoms with E-state index >= 15 is 0 Å². The second kappa shape index (κ2) is 10.2. The molecule has 1 saturated heterocycles. The van der Waals surface area contributed by atoms with Crippen molar-refractivity contribution in [1.29, 1.82) is 0 Å². The average molecular weight is 437 g/mol. The number of rotatable bonds is 10. The highest BCUT2D eigenvalue weighted by molar-refractivity contribution is 8.01. The summed E-state index contributed by atoms with van der Waals surface area (Å²) in [6.45, 7) is 2.10. The number of hydrogen-bond acceptors (Lipinski definition) is 5. The van der Waals surface area contributed by atoms with Crippen LogP contribution in [0.15, 0.2) is 34.0 Å². The molecule has 2 atom stereocenters. The van der Waals surface area contributed by atoms with Gasteiger partial charge in [-0.05, 0) is 30.5 Å². The number of aromatic carboxylic acids is 1. The predicted molar refractivity (Wildman–Crippen MR) is 115 cm³/mol. The van der Waals surface area contributed by atoms with Gasteiger partial charge in [0.2, 0.25) is 5.91 Å².